The highest BCUT2D eigenvalue weighted by Gasteiger charge is 2.43. The monoisotopic (exact) mass is 344 g/mol. The van der Waals surface area contributed by atoms with Gasteiger partial charge in [-0.25, -0.2) is 4.98 Å². The van der Waals surface area contributed by atoms with E-state index in [0.29, 0.717) is 50.3 Å². The molecule has 3 aliphatic rings. The molecule has 2 amide bonds. The molecule has 7 heteroatoms. The standard InChI is InChI=1S/C18H24N4O3/c23-17(21-5-1-2-6-21)7-13-11-25-12-14-9-22(10-15(13)14)18(24)16-8-19-3-4-20-16/h3-4,8,13-15H,1-2,5-7,9-12H2/t13-,14-,15+/m1/s1. The second-order valence-electron chi connectivity index (χ2n) is 7.31. The lowest BCUT2D eigenvalue weighted by Crippen LogP contribution is -2.39. The maximum absolute atomic E-state index is 12.6. The number of amides is 2. The third-order valence-electron chi connectivity index (χ3n) is 5.73. The Morgan fingerprint density at radius 1 is 1.12 bits per heavy atom. The van der Waals surface area contributed by atoms with Crippen molar-refractivity contribution >= 4 is 11.8 Å². The number of hydrogen-bond donors (Lipinski definition) is 0. The van der Waals surface area contributed by atoms with Gasteiger partial charge >= 0.3 is 0 Å². The molecule has 1 aromatic heterocycles. The van der Waals surface area contributed by atoms with E-state index in [9.17, 15) is 9.59 Å². The van der Waals surface area contributed by atoms with Crippen molar-refractivity contribution < 1.29 is 14.3 Å². The zero-order valence-corrected chi connectivity index (χ0v) is 14.3. The fourth-order valence-corrected chi connectivity index (χ4v) is 4.37. The van der Waals surface area contributed by atoms with Crippen LogP contribution >= 0.6 is 0 Å². The smallest absolute Gasteiger partial charge is 0.274 e. The van der Waals surface area contributed by atoms with Gasteiger partial charge in [0.25, 0.3) is 5.91 Å². The molecule has 0 radical (unpaired) electrons. The maximum Gasteiger partial charge on any atom is 0.274 e. The van der Waals surface area contributed by atoms with E-state index in [-0.39, 0.29) is 17.7 Å². The summed E-state index contributed by atoms with van der Waals surface area (Å²) in [6.45, 7) is 4.42. The largest absolute Gasteiger partial charge is 0.381 e. The molecular formula is C18H24N4O3. The van der Waals surface area contributed by atoms with E-state index in [4.69, 9.17) is 4.74 Å². The Balaban J connectivity index is 1.41. The third-order valence-corrected chi connectivity index (χ3v) is 5.73. The van der Waals surface area contributed by atoms with Gasteiger partial charge < -0.3 is 14.5 Å². The van der Waals surface area contributed by atoms with Gasteiger partial charge in [0.1, 0.15) is 5.69 Å². The maximum atomic E-state index is 12.6. The quantitative estimate of drug-likeness (QED) is 0.812. The summed E-state index contributed by atoms with van der Waals surface area (Å²) in [5, 5.41) is 0. The highest BCUT2D eigenvalue weighted by Crippen LogP contribution is 2.36. The third kappa shape index (κ3) is 3.38. The average molecular weight is 344 g/mol. The van der Waals surface area contributed by atoms with Crippen LogP contribution in [0.5, 0.6) is 0 Å². The Morgan fingerprint density at radius 3 is 2.72 bits per heavy atom. The minimum Gasteiger partial charge on any atom is -0.381 e. The second-order valence-corrected chi connectivity index (χ2v) is 7.31. The van der Waals surface area contributed by atoms with Gasteiger partial charge in [0.05, 0.1) is 19.4 Å². The molecule has 0 aliphatic carbocycles. The van der Waals surface area contributed by atoms with Gasteiger partial charge in [-0.2, -0.15) is 0 Å². The lowest BCUT2D eigenvalue weighted by molar-refractivity contribution is -0.133. The summed E-state index contributed by atoms with van der Waals surface area (Å²) < 4.78 is 5.76. The molecule has 134 valence electrons. The first-order chi connectivity index (χ1) is 12.2. The van der Waals surface area contributed by atoms with Crippen molar-refractivity contribution in [1.82, 2.24) is 19.8 Å². The van der Waals surface area contributed by atoms with Crippen molar-refractivity contribution in [2.45, 2.75) is 19.3 Å². The Kier molecular flexibility index (Phi) is 4.65. The first-order valence-corrected chi connectivity index (χ1v) is 9.13. The lowest BCUT2D eigenvalue weighted by atomic mass is 9.81. The first kappa shape index (κ1) is 16.4. The van der Waals surface area contributed by atoms with E-state index in [1.807, 2.05) is 9.80 Å². The van der Waals surface area contributed by atoms with Crippen molar-refractivity contribution in [3.63, 3.8) is 0 Å². The predicted octanol–water partition coefficient (Wildman–Crippen LogP) is 0.824. The number of aromatic nitrogens is 2. The molecule has 7 nitrogen and oxygen atoms in total. The van der Waals surface area contributed by atoms with E-state index in [2.05, 4.69) is 9.97 Å². The molecule has 1 aromatic rings. The summed E-state index contributed by atoms with van der Waals surface area (Å²) in [5.74, 6) is 1.01. The molecule has 0 aromatic carbocycles. The predicted molar refractivity (Wildman–Crippen MR) is 89.7 cm³/mol. The van der Waals surface area contributed by atoms with Gasteiger partial charge in [-0.05, 0) is 24.7 Å². The molecule has 3 aliphatic heterocycles. The Hall–Kier alpha value is -2.02. The van der Waals surface area contributed by atoms with Gasteiger partial charge in [-0.15, -0.1) is 0 Å². The highest BCUT2D eigenvalue weighted by atomic mass is 16.5. The van der Waals surface area contributed by atoms with Crippen molar-refractivity contribution in [2.24, 2.45) is 17.8 Å². The fourth-order valence-electron chi connectivity index (χ4n) is 4.37. The van der Waals surface area contributed by atoms with Crippen LogP contribution in [0, 0.1) is 17.8 Å². The van der Waals surface area contributed by atoms with E-state index < -0.39 is 0 Å². The summed E-state index contributed by atoms with van der Waals surface area (Å²) in [4.78, 5) is 37.1. The van der Waals surface area contributed by atoms with E-state index in [1.165, 1.54) is 12.4 Å². The minimum atomic E-state index is -0.0767. The first-order valence-electron chi connectivity index (χ1n) is 9.13. The molecule has 3 fully saturated rings. The van der Waals surface area contributed by atoms with Crippen molar-refractivity contribution in [3.05, 3.63) is 24.3 Å². The number of nitrogens with zero attached hydrogens (tertiary/aromatic N) is 4. The Bertz CT molecular complexity index is 632. The molecule has 0 N–H and O–H groups in total. The van der Waals surface area contributed by atoms with Gasteiger partial charge in [0.15, 0.2) is 0 Å². The van der Waals surface area contributed by atoms with Crippen molar-refractivity contribution in [2.75, 3.05) is 39.4 Å². The number of rotatable bonds is 3. The Labute approximate surface area is 147 Å². The minimum absolute atomic E-state index is 0.0767. The molecule has 25 heavy (non-hydrogen) atoms. The van der Waals surface area contributed by atoms with Crippen LogP contribution in [0.2, 0.25) is 0 Å². The zero-order chi connectivity index (χ0) is 17.2. The molecule has 3 atom stereocenters. The van der Waals surface area contributed by atoms with Crippen LogP contribution < -0.4 is 0 Å². The Morgan fingerprint density at radius 2 is 1.96 bits per heavy atom. The topological polar surface area (TPSA) is 75.6 Å². The van der Waals surface area contributed by atoms with Crippen LogP contribution in [0.25, 0.3) is 0 Å². The zero-order valence-electron chi connectivity index (χ0n) is 14.3. The number of carbonyl (C=O) groups is 2. The number of likely N-dealkylation sites (tertiary alicyclic amines) is 2. The molecule has 3 saturated heterocycles. The lowest BCUT2D eigenvalue weighted by Gasteiger charge is -2.33. The van der Waals surface area contributed by atoms with Crippen LogP contribution in [-0.2, 0) is 9.53 Å². The summed E-state index contributed by atoms with van der Waals surface area (Å²) in [5.41, 5.74) is 0.381. The number of carbonyl (C=O) groups excluding carboxylic acids is 2. The van der Waals surface area contributed by atoms with Crippen LogP contribution in [0.1, 0.15) is 29.8 Å². The normalized spacial score (nSPS) is 28.9. The van der Waals surface area contributed by atoms with Crippen LogP contribution in [0.3, 0.4) is 0 Å². The second kappa shape index (κ2) is 7.07. The molecule has 4 heterocycles. The van der Waals surface area contributed by atoms with Crippen molar-refractivity contribution in [1.29, 1.82) is 0 Å². The van der Waals surface area contributed by atoms with E-state index in [0.717, 1.165) is 25.9 Å². The number of ether oxygens (including phenoxy) is 1. The summed E-state index contributed by atoms with van der Waals surface area (Å²) in [6, 6.07) is 0. The van der Waals surface area contributed by atoms with Gasteiger partial charge in [-0.1, -0.05) is 0 Å². The number of fused-ring (bicyclic) bond motifs is 1. The number of hydrogen-bond acceptors (Lipinski definition) is 5. The van der Waals surface area contributed by atoms with Crippen LogP contribution in [-0.4, -0.2) is 71.0 Å². The van der Waals surface area contributed by atoms with E-state index >= 15 is 0 Å². The van der Waals surface area contributed by atoms with E-state index in [1.54, 1.807) is 6.20 Å². The SMILES string of the molecule is O=C(C[C@@H]1COC[C@H]2CN(C(=O)c3cnccn3)C[C@@H]12)N1CCCC1. The summed E-state index contributed by atoms with van der Waals surface area (Å²) in [6.07, 6.45) is 7.37. The molecular weight excluding hydrogens is 320 g/mol. The summed E-state index contributed by atoms with van der Waals surface area (Å²) >= 11 is 0. The van der Waals surface area contributed by atoms with Crippen LogP contribution in [0.4, 0.5) is 0 Å². The highest BCUT2D eigenvalue weighted by molar-refractivity contribution is 5.92. The molecule has 0 unspecified atom stereocenters. The summed E-state index contributed by atoms with van der Waals surface area (Å²) in [7, 11) is 0. The van der Waals surface area contributed by atoms with Gasteiger partial charge in [0.2, 0.25) is 5.91 Å². The van der Waals surface area contributed by atoms with Gasteiger partial charge in [0, 0.05) is 50.9 Å². The fraction of sp³-hybridized carbons (Fsp3) is 0.667. The average Bonchev–Trinajstić information content (AvgIpc) is 3.32. The molecule has 0 saturated carbocycles. The molecule has 4 rings (SSSR count). The molecule has 0 spiro atoms. The van der Waals surface area contributed by atoms with Crippen molar-refractivity contribution in [3.8, 4) is 0 Å². The molecule has 0 bridgehead atoms. The van der Waals surface area contributed by atoms with Crippen LogP contribution in [0.15, 0.2) is 18.6 Å². The van der Waals surface area contributed by atoms with Gasteiger partial charge in [-0.3, -0.25) is 14.6 Å².